The van der Waals surface area contributed by atoms with E-state index in [4.69, 9.17) is 10.00 Å². The van der Waals surface area contributed by atoms with Crippen molar-refractivity contribution in [3.05, 3.63) is 29.8 Å². The zero-order chi connectivity index (χ0) is 17.8. The SMILES string of the molecule is CNC(=O)c1nnc(Nc2cnc(C#N)cn2)cc1OC1CC(O)C1. The first kappa shape index (κ1) is 16.5. The summed E-state index contributed by atoms with van der Waals surface area (Å²) in [7, 11) is 1.49. The van der Waals surface area contributed by atoms with Gasteiger partial charge in [-0.2, -0.15) is 5.26 Å². The number of nitriles is 1. The van der Waals surface area contributed by atoms with Crippen LogP contribution in [0.15, 0.2) is 18.5 Å². The first-order chi connectivity index (χ1) is 12.1. The number of aliphatic hydroxyl groups excluding tert-OH is 1. The number of amides is 1. The molecule has 2 heterocycles. The second-order valence-electron chi connectivity index (χ2n) is 5.41. The summed E-state index contributed by atoms with van der Waals surface area (Å²) in [6.07, 6.45) is 3.15. The highest BCUT2D eigenvalue weighted by molar-refractivity contribution is 5.94. The lowest BCUT2D eigenvalue weighted by Crippen LogP contribution is -2.38. The maximum Gasteiger partial charge on any atom is 0.275 e. The van der Waals surface area contributed by atoms with Gasteiger partial charge in [0.1, 0.15) is 18.0 Å². The third-order valence-electron chi connectivity index (χ3n) is 3.59. The van der Waals surface area contributed by atoms with Crippen molar-refractivity contribution in [2.24, 2.45) is 0 Å². The molecular weight excluding hydrogens is 326 g/mol. The topological polar surface area (TPSA) is 146 Å². The largest absolute Gasteiger partial charge is 0.488 e. The zero-order valence-electron chi connectivity index (χ0n) is 13.3. The highest BCUT2D eigenvalue weighted by Crippen LogP contribution is 2.29. The van der Waals surface area contributed by atoms with Gasteiger partial charge in [0.15, 0.2) is 23.0 Å². The minimum atomic E-state index is -0.424. The van der Waals surface area contributed by atoms with Gasteiger partial charge >= 0.3 is 0 Å². The Labute approximate surface area is 142 Å². The fourth-order valence-corrected chi connectivity index (χ4v) is 2.20. The Morgan fingerprint density at radius 3 is 2.72 bits per heavy atom. The molecule has 10 nitrogen and oxygen atoms in total. The molecule has 128 valence electrons. The van der Waals surface area contributed by atoms with E-state index >= 15 is 0 Å². The number of aliphatic hydroxyl groups is 1. The molecule has 0 atom stereocenters. The van der Waals surface area contributed by atoms with Crippen LogP contribution in [-0.2, 0) is 0 Å². The van der Waals surface area contributed by atoms with Crippen molar-refractivity contribution in [1.82, 2.24) is 25.5 Å². The maximum absolute atomic E-state index is 11.9. The van der Waals surface area contributed by atoms with Crippen LogP contribution in [0.2, 0.25) is 0 Å². The number of carbonyl (C=O) groups excluding carboxylic acids is 1. The van der Waals surface area contributed by atoms with Gasteiger partial charge < -0.3 is 20.5 Å². The Kier molecular flexibility index (Phi) is 4.67. The summed E-state index contributed by atoms with van der Waals surface area (Å²) in [6.45, 7) is 0. The van der Waals surface area contributed by atoms with E-state index in [-0.39, 0.29) is 29.3 Å². The molecule has 0 saturated heterocycles. The molecule has 3 N–H and O–H groups in total. The molecule has 2 aromatic heterocycles. The number of hydrogen-bond donors (Lipinski definition) is 3. The molecule has 10 heteroatoms. The summed E-state index contributed by atoms with van der Waals surface area (Å²) in [5.74, 6) is 0.509. The molecule has 1 saturated carbocycles. The average molecular weight is 341 g/mol. The number of carbonyl (C=O) groups is 1. The van der Waals surface area contributed by atoms with E-state index in [0.29, 0.717) is 24.5 Å². The van der Waals surface area contributed by atoms with Gasteiger partial charge in [-0.15, -0.1) is 10.2 Å². The standard InChI is InChI=1S/C15H15N7O3/c1-17-15(24)14-11(25-10-2-9(23)3-10)4-12(21-22-14)20-13-7-18-8(5-16)6-19-13/h4,6-7,9-10,23H,2-3H2,1H3,(H,17,24)(H,19,20,21). The number of anilines is 2. The Morgan fingerprint density at radius 2 is 2.12 bits per heavy atom. The minimum Gasteiger partial charge on any atom is -0.488 e. The molecule has 0 aromatic carbocycles. The van der Waals surface area contributed by atoms with Crippen LogP contribution in [0, 0.1) is 11.3 Å². The smallest absolute Gasteiger partial charge is 0.275 e. The average Bonchev–Trinajstić information content (AvgIpc) is 2.61. The third kappa shape index (κ3) is 3.78. The zero-order valence-corrected chi connectivity index (χ0v) is 13.3. The lowest BCUT2D eigenvalue weighted by Gasteiger charge is -2.31. The second kappa shape index (κ2) is 7.06. The van der Waals surface area contributed by atoms with Gasteiger partial charge in [0.2, 0.25) is 0 Å². The van der Waals surface area contributed by atoms with E-state index in [1.54, 1.807) is 0 Å². The molecule has 0 bridgehead atoms. The quantitative estimate of drug-likeness (QED) is 0.691. The molecule has 3 rings (SSSR count). The Balaban J connectivity index is 1.81. The molecule has 1 amide bonds. The highest BCUT2D eigenvalue weighted by atomic mass is 16.5. The predicted octanol–water partition coefficient (Wildman–Crippen LogP) is 0.144. The third-order valence-corrected chi connectivity index (χ3v) is 3.59. The number of ether oxygens (including phenoxy) is 1. The van der Waals surface area contributed by atoms with E-state index in [1.165, 1.54) is 25.5 Å². The van der Waals surface area contributed by atoms with Gasteiger partial charge in [-0.1, -0.05) is 0 Å². The maximum atomic E-state index is 11.9. The van der Waals surface area contributed by atoms with E-state index in [0.717, 1.165) is 0 Å². The molecule has 0 unspecified atom stereocenters. The van der Waals surface area contributed by atoms with Crippen LogP contribution in [0.3, 0.4) is 0 Å². The van der Waals surface area contributed by atoms with Crippen LogP contribution in [-0.4, -0.2) is 50.4 Å². The number of hydrogen-bond acceptors (Lipinski definition) is 9. The summed E-state index contributed by atoms with van der Waals surface area (Å²) >= 11 is 0. The van der Waals surface area contributed by atoms with Gasteiger partial charge in [-0.25, -0.2) is 9.97 Å². The van der Waals surface area contributed by atoms with Crippen LogP contribution in [0.25, 0.3) is 0 Å². The minimum absolute atomic E-state index is 0.0559. The molecule has 0 spiro atoms. The fraction of sp³-hybridized carbons (Fsp3) is 0.333. The molecule has 0 aliphatic heterocycles. The van der Waals surface area contributed by atoms with Gasteiger partial charge in [0.05, 0.1) is 18.5 Å². The Hall–Kier alpha value is -3.32. The number of aromatic nitrogens is 4. The van der Waals surface area contributed by atoms with Gasteiger partial charge in [-0.05, 0) is 0 Å². The van der Waals surface area contributed by atoms with Crippen molar-refractivity contribution in [1.29, 1.82) is 5.26 Å². The van der Waals surface area contributed by atoms with Crippen molar-refractivity contribution in [2.75, 3.05) is 12.4 Å². The fourth-order valence-electron chi connectivity index (χ4n) is 2.20. The first-order valence-electron chi connectivity index (χ1n) is 7.52. The van der Waals surface area contributed by atoms with Crippen LogP contribution in [0.4, 0.5) is 11.6 Å². The predicted molar refractivity (Wildman–Crippen MR) is 85.1 cm³/mol. The number of rotatable bonds is 5. The molecule has 2 aromatic rings. The van der Waals surface area contributed by atoms with Crippen molar-refractivity contribution < 1.29 is 14.6 Å². The molecule has 25 heavy (non-hydrogen) atoms. The van der Waals surface area contributed by atoms with E-state index in [1.807, 2.05) is 6.07 Å². The van der Waals surface area contributed by atoms with Gasteiger partial charge in [0, 0.05) is 26.0 Å². The summed E-state index contributed by atoms with van der Waals surface area (Å²) in [5.41, 5.74) is 0.250. The van der Waals surface area contributed by atoms with E-state index < -0.39 is 5.91 Å². The summed E-state index contributed by atoms with van der Waals surface area (Å²) in [6, 6.07) is 3.41. The van der Waals surface area contributed by atoms with Crippen molar-refractivity contribution in [3.63, 3.8) is 0 Å². The van der Waals surface area contributed by atoms with Crippen LogP contribution >= 0.6 is 0 Å². The van der Waals surface area contributed by atoms with E-state index in [2.05, 4.69) is 30.8 Å². The van der Waals surface area contributed by atoms with Gasteiger partial charge in [0.25, 0.3) is 5.91 Å². The van der Waals surface area contributed by atoms with Crippen molar-refractivity contribution in [2.45, 2.75) is 25.0 Å². The summed E-state index contributed by atoms with van der Waals surface area (Å²) in [4.78, 5) is 19.8. The summed E-state index contributed by atoms with van der Waals surface area (Å²) < 4.78 is 5.75. The molecule has 1 aliphatic rings. The lowest BCUT2D eigenvalue weighted by atomic mass is 9.92. The second-order valence-corrected chi connectivity index (χ2v) is 5.41. The monoisotopic (exact) mass is 341 g/mol. The molecule has 1 fully saturated rings. The normalized spacial score (nSPS) is 18.6. The number of nitrogens with zero attached hydrogens (tertiary/aromatic N) is 5. The summed E-state index contributed by atoms with van der Waals surface area (Å²) in [5, 5.41) is 31.3. The highest BCUT2D eigenvalue weighted by Gasteiger charge is 2.30. The molecule has 1 aliphatic carbocycles. The molecule has 0 radical (unpaired) electrons. The Bertz CT molecular complexity index is 813. The van der Waals surface area contributed by atoms with Crippen LogP contribution < -0.4 is 15.4 Å². The van der Waals surface area contributed by atoms with Crippen molar-refractivity contribution in [3.8, 4) is 11.8 Å². The number of nitrogens with one attached hydrogen (secondary N) is 2. The lowest BCUT2D eigenvalue weighted by molar-refractivity contribution is -0.0112. The van der Waals surface area contributed by atoms with Crippen LogP contribution in [0.1, 0.15) is 29.0 Å². The van der Waals surface area contributed by atoms with Gasteiger partial charge in [-0.3, -0.25) is 4.79 Å². The first-order valence-corrected chi connectivity index (χ1v) is 7.52. The van der Waals surface area contributed by atoms with E-state index in [9.17, 15) is 9.90 Å². The van der Waals surface area contributed by atoms with Crippen LogP contribution in [0.5, 0.6) is 5.75 Å². The molecular formula is C15H15N7O3. The van der Waals surface area contributed by atoms with Crippen molar-refractivity contribution >= 4 is 17.5 Å². The Morgan fingerprint density at radius 1 is 1.32 bits per heavy atom.